The van der Waals surface area contributed by atoms with Crippen LogP contribution in [0.4, 0.5) is 0 Å². The fraction of sp³-hybridized carbons (Fsp3) is 0.222. The van der Waals surface area contributed by atoms with Crippen molar-refractivity contribution in [1.29, 1.82) is 0 Å². The molecular formula is C9H10N2O3S2. The van der Waals surface area contributed by atoms with E-state index in [0.29, 0.717) is 5.03 Å². The highest BCUT2D eigenvalue weighted by molar-refractivity contribution is 7.83. The standard InChI is InChI=1S/C5H5NS2.C4H5NO3/c7-4-2-1-3-6-5(4)8;6-3-1-2-4(7)5(3)8/h1-3,7H,(H,6,8);8H,1-2H2. The quantitative estimate of drug-likeness (QED) is 0.371. The molecule has 0 bridgehead atoms. The number of thiol groups is 2. The maximum absolute atomic E-state index is 10.2. The van der Waals surface area contributed by atoms with Gasteiger partial charge in [0.15, 0.2) is 0 Å². The van der Waals surface area contributed by atoms with E-state index in [2.05, 4.69) is 30.2 Å². The molecule has 5 nitrogen and oxygen atoms in total. The molecule has 0 atom stereocenters. The van der Waals surface area contributed by atoms with E-state index in [1.165, 1.54) is 0 Å². The molecule has 0 aliphatic carbocycles. The molecule has 1 fully saturated rings. The van der Waals surface area contributed by atoms with Crippen LogP contribution in [0.3, 0.4) is 0 Å². The van der Waals surface area contributed by atoms with Gasteiger partial charge in [-0.25, -0.2) is 4.98 Å². The highest BCUT2D eigenvalue weighted by Crippen LogP contribution is 2.12. The van der Waals surface area contributed by atoms with Crippen molar-refractivity contribution < 1.29 is 14.8 Å². The van der Waals surface area contributed by atoms with Gasteiger partial charge in [0, 0.05) is 23.9 Å². The minimum atomic E-state index is -0.505. The van der Waals surface area contributed by atoms with Crippen LogP contribution in [0.15, 0.2) is 28.3 Å². The fourth-order valence-electron chi connectivity index (χ4n) is 0.953. The van der Waals surface area contributed by atoms with E-state index in [-0.39, 0.29) is 17.9 Å². The zero-order valence-electron chi connectivity index (χ0n) is 8.20. The smallest absolute Gasteiger partial charge is 0.253 e. The minimum Gasteiger partial charge on any atom is -0.279 e. The fourth-order valence-corrected chi connectivity index (χ4v) is 1.24. The zero-order chi connectivity index (χ0) is 12.1. The van der Waals surface area contributed by atoms with Crippen molar-refractivity contribution in [2.75, 3.05) is 0 Å². The van der Waals surface area contributed by atoms with Crippen LogP contribution < -0.4 is 0 Å². The number of hydrogen-bond acceptors (Lipinski definition) is 6. The van der Waals surface area contributed by atoms with Gasteiger partial charge in [0.1, 0.15) is 5.03 Å². The van der Waals surface area contributed by atoms with E-state index in [1.807, 2.05) is 12.1 Å². The number of amides is 2. The lowest BCUT2D eigenvalue weighted by molar-refractivity contribution is -0.171. The maximum Gasteiger partial charge on any atom is 0.253 e. The van der Waals surface area contributed by atoms with Crippen molar-refractivity contribution in [3.8, 4) is 0 Å². The van der Waals surface area contributed by atoms with Gasteiger partial charge in [-0.2, -0.15) is 5.06 Å². The lowest BCUT2D eigenvalue weighted by atomic mass is 10.4. The summed E-state index contributed by atoms with van der Waals surface area (Å²) in [7, 11) is 0. The predicted molar refractivity (Wildman–Crippen MR) is 61.6 cm³/mol. The molecule has 1 N–H and O–H groups in total. The summed E-state index contributed by atoms with van der Waals surface area (Å²) in [6.45, 7) is 0. The number of imide groups is 1. The van der Waals surface area contributed by atoms with Gasteiger partial charge in [0.25, 0.3) is 11.8 Å². The van der Waals surface area contributed by atoms with Crippen LogP contribution in [0.5, 0.6) is 0 Å². The molecule has 1 aliphatic heterocycles. The molecule has 0 saturated carbocycles. The van der Waals surface area contributed by atoms with Gasteiger partial charge in [-0.05, 0) is 12.1 Å². The maximum atomic E-state index is 10.2. The van der Waals surface area contributed by atoms with Crippen molar-refractivity contribution in [3.05, 3.63) is 18.3 Å². The van der Waals surface area contributed by atoms with Gasteiger partial charge < -0.3 is 0 Å². The number of rotatable bonds is 0. The van der Waals surface area contributed by atoms with E-state index in [0.717, 1.165) is 4.90 Å². The second kappa shape index (κ2) is 5.88. The Labute approximate surface area is 103 Å². The molecule has 2 amide bonds. The Kier molecular flexibility index (Phi) is 4.78. The molecule has 0 radical (unpaired) electrons. The van der Waals surface area contributed by atoms with Crippen LogP contribution in [-0.2, 0) is 9.59 Å². The van der Waals surface area contributed by atoms with Crippen LogP contribution in [0.1, 0.15) is 12.8 Å². The summed E-state index contributed by atoms with van der Waals surface area (Å²) in [6.07, 6.45) is 1.98. The second-order valence-corrected chi connectivity index (χ2v) is 3.85. The first-order valence-electron chi connectivity index (χ1n) is 4.40. The molecule has 1 aliphatic rings. The molecule has 0 unspecified atom stereocenters. The zero-order valence-corrected chi connectivity index (χ0v) is 9.99. The van der Waals surface area contributed by atoms with Crippen LogP contribution in [-0.4, -0.2) is 27.1 Å². The average Bonchev–Trinajstić information content (AvgIpc) is 2.55. The van der Waals surface area contributed by atoms with Crippen molar-refractivity contribution in [1.82, 2.24) is 10.0 Å². The Balaban J connectivity index is 0.000000160. The number of hydrogen-bond donors (Lipinski definition) is 3. The van der Waals surface area contributed by atoms with Crippen LogP contribution in [0.25, 0.3) is 0 Å². The molecule has 1 aromatic heterocycles. The molecule has 16 heavy (non-hydrogen) atoms. The highest BCUT2D eigenvalue weighted by Gasteiger charge is 2.26. The molecule has 0 spiro atoms. The van der Waals surface area contributed by atoms with E-state index in [4.69, 9.17) is 5.21 Å². The molecule has 1 aromatic rings. The van der Waals surface area contributed by atoms with Gasteiger partial charge in [-0.15, -0.1) is 25.3 Å². The summed E-state index contributed by atoms with van der Waals surface area (Å²) in [6, 6.07) is 3.67. The second-order valence-electron chi connectivity index (χ2n) is 2.95. The normalized spacial score (nSPS) is 14.8. The van der Waals surface area contributed by atoms with E-state index in [9.17, 15) is 9.59 Å². The van der Waals surface area contributed by atoms with Gasteiger partial charge >= 0.3 is 0 Å². The van der Waals surface area contributed by atoms with E-state index in [1.54, 1.807) is 6.20 Å². The SMILES string of the molecule is O=C1CCC(=O)N1O.Sc1cccnc1S. The third kappa shape index (κ3) is 3.51. The largest absolute Gasteiger partial charge is 0.279 e. The summed E-state index contributed by atoms with van der Waals surface area (Å²) in [5, 5.41) is 9.24. The molecule has 0 aromatic carbocycles. The Bertz CT molecular complexity index is 374. The Hall–Kier alpha value is -1.05. The first kappa shape index (κ1) is 13.0. The van der Waals surface area contributed by atoms with E-state index >= 15 is 0 Å². The Morgan fingerprint density at radius 1 is 1.25 bits per heavy atom. The van der Waals surface area contributed by atoms with Gasteiger partial charge in [0.2, 0.25) is 0 Å². The van der Waals surface area contributed by atoms with Crippen LogP contribution in [0.2, 0.25) is 0 Å². The summed E-state index contributed by atoms with van der Waals surface area (Å²) in [5.74, 6) is -1.01. The summed E-state index contributed by atoms with van der Waals surface area (Å²) in [4.78, 5) is 25.2. The monoisotopic (exact) mass is 258 g/mol. The molecular weight excluding hydrogens is 248 g/mol. The molecule has 86 valence electrons. The summed E-state index contributed by atoms with van der Waals surface area (Å²) >= 11 is 8.07. The third-order valence-corrected chi connectivity index (χ3v) is 2.68. The number of aromatic nitrogens is 1. The van der Waals surface area contributed by atoms with Crippen molar-refractivity contribution in [2.45, 2.75) is 22.8 Å². The third-order valence-electron chi connectivity index (χ3n) is 1.79. The predicted octanol–water partition coefficient (Wildman–Crippen LogP) is 1.18. The summed E-state index contributed by atoms with van der Waals surface area (Å²) < 4.78 is 0. The average molecular weight is 258 g/mol. The number of hydroxylamine groups is 2. The molecule has 7 heteroatoms. The first-order valence-corrected chi connectivity index (χ1v) is 5.29. The van der Waals surface area contributed by atoms with Gasteiger partial charge in [-0.1, -0.05) is 0 Å². The van der Waals surface area contributed by atoms with Crippen LogP contribution >= 0.6 is 25.3 Å². The van der Waals surface area contributed by atoms with Crippen molar-refractivity contribution in [2.24, 2.45) is 0 Å². The first-order chi connectivity index (χ1) is 7.52. The van der Waals surface area contributed by atoms with Crippen LogP contribution in [0, 0.1) is 0 Å². The van der Waals surface area contributed by atoms with Crippen molar-refractivity contribution in [3.63, 3.8) is 0 Å². The van der Waals surface area contributed by atoms with Crippen molar-refractivity contribution >= 4 is 37.1 Å². The van der Waals surface area contributed by atoms with E-state index < -0.39 is 11.8 Å². The Morgan fingerprint density at radius 2 is 1.81 bits per heavy atom. The molecule has 2 heterocycles. The number of nitrogens with zero attached hydrogens (tertiary/aromatic N) is 2. The molecule has 2 rings (SSSR count). The number of carbonyl (C=O) groups excluding carboxylic acids is 2. The number of carbonyl (C=O) groups is 2. The Morgan fingerprint density at radius 3 is 2.06 bits per heavy atom. The molecule has 1 saturated heterocycles. The summed E-state index contributed by atoms with van der Waals surface area (Å²) in [5.41, 5.74) is 0. The number of pyridine rings is 1. The van der Waals surface area contributed by atoms with Gasteiger partial charge in [-0.3, -0.25) is 14.8 Å². The highest BCUT2D eigenvalue weighted by atomic mass is 32.1. The minimum absolute atomic E-state index is 0.148. The topological polar surface area (TPSA) is 70.5 Å². The lowest BCUT2D eigenvalue weighted by Crippen LogP contribution is -2.24. The lowest BCUT2D eigenvalue weighted by Gasteiger charge is -1.98. The van der Waals surface area contributed by atoms with Gasteiger partial charge in [0.05, 0.1) is 0 Å².